The Morgan fingerprint density at radius 1 is 1.52 bits per heavy atom. The third kappa shape index (κ3) is 4.78. The van der Waals surface area contributed by atoms with Gasteiger partial charge in [0.2, 0.25) is 0 Å². The number of carbonyl (C=O) groups excluding carboxylic acids is 1. The second kappa shape index (κ2) is 6.87. The molecule has 118 valence electrons. The van der Waals surface area contributed by atoms with E-state index in [1.165, 1.54) is 11.3 Å². The number of aromatic nitrogens is 1. The Hall–Kier alpha value is -0.950. The lowest BCUT2D eigenvalue weighted by molar-refractivity contribution is 0.0125. The maximum atomic E-state index is 12.3. The molecule has 0 saturated carbocycles. The van der Waals surface area contributed by atoms with E-state index in [0.29, 0.717) is 16.6 Å². The minimum Gasteiger partial charge on any atom is -0.444 e. The Labute approximate surface area is 132 Å². The summed E-state index contributed by atoms with van der Waals surface area (Å²) in [5.41, 5.74) is -0.506. The Bertz CT molecular complexity index is 497. The number of hydrogen-bond donors (Lipinski definition) is 0. The fourth-order valence-electron chi connectivity index (χ4n) is 2.30. The minimum absolute atomic E-state index is 0.0293. The van der Waals surface area contributed by atoms with Crippen LogP contribution in [0.2, 0.25) is 0 Å². The molecule has 1 saturated heterocycles. The number of thiazole rings is 1. The zero-order valence-corrected chi connectivity index (χ0v) is 14.3. The number of piperidine rings is 1. The summed E-state index contributed by atoms with van der Waals surface area (Å²) in [6, 6.07) is -0.0293. The van der Waals surface area contributed by atoms with Gasteiger partial charge >= 0.3 is 6.09 Å². The largest absolute Gasteiger partial charge is 0.444 e. The SMILES string of the molecule is CC(C)(C)OC(=O)N1CCCC[C@@H]1C[S@@](=O)c1nccs1. The van der Waals surface area contributed by atoms with Gasteiger partial charge in [0.15, 0.2) is 4.34 Å². The van der Waals surface area contributed by atoms with Crippen molar-refractivity contribution in [2.75, 3.05) is 12.3 Å². The van der Waals surface area contributed by atoms with Crippen LogP contribution in [0.5, 0.6) is 0 Å². The van der Waals surface area contributed by atoms with Crippen LogP contribution in [0.4, 0.5) is 4.79 Å². The highest BCUT2D eigenvalue weighted by atomic mass is 32.2. The fraction of sp³-hybridized carbons (Fsp3) is 0.714. The molecular weight excluding hydrogens is 308 g/mol. The lowest BCUT2D eigenvalue weighted by Crippen LogP contribution is -2.48. The van der Waals surface area contributed by atoms with Gasteiger partial charge in [-0.3, -0.25) is 4.21 Å². The number of amides is 1. The molecule has 21 heavy (non-hydrogen) atoms. The van der Waals surface area contributed by atoms with Gasteiger partial charge in [-0.05, 0) is 40.0 Å². The van der Waals surface area contributed by atoms with E-state index in [1.54, 1.807) is 11.1 Å². The van der Waals surface area contributed by atoms with Crippen molar-refractivity contribution in [2.45, 2.75) is 56.0 Å². The van der Waals surface area contributed by atoms with Crippen LogP contribution in [0.3, 0.4) is 0 Å². The maximum absolute atomic E-state index is 12.3. The molecule has 0 unspecified atom stereocenters. The number of carbonyl (C=O) groups is 1. The molecule has 2 heterocycles. The van der Waals surface area contributed by atoms with Crippen LogP contribution in [0.1, 0.15) is 40.0 Å². The van der Waals surface area contributed by atoms with Crippen LogP contribution in [0.15, 0.2) is 15.9 Å². The van der Waals surface area contributed by atoms with E-state index in [9.17, 15) is 9.00 Å². The average molecular weight is 330 g/mol. The zero-order chi connectivity index (χ0) is 15.5. The summed E-state index contributed by atoms with van der Waals surface area (Å²) >= 11 is 1.39. The first-order valence-corrected chi connectivity index (χ1v) is 9.34. The van der Waals surface area contributed by atoms with Crippen molar-refractivity contribution in [3.8, 4) is 0 Å². The number of rotatable bonds is 3. The molecule has 1 amide bonds. The first kappa shape index (κ1) is 16.4. The molecule has 1 aliphatic rings. The van der Waals surface area contributed by atoms with E-state index in [-0.39, 0.29) is 12.1 Å². The van der Waals surface area contributed by atoms with Gasteiger partial charge in [-0.15, -0.1) is 11.3 Å². The first-order chi connectivity index (χ1) is 9.87. The number of ether oxygens (including phenoxy) is 1. The molecule has 2 atom stereocenters. The average Bonchev–Trinajstić information content (AvgIpc) is 2.91. The third-order valence-electron chi connectivity index (χ3n) is 3.20. The summed E-state index contributed by atoms with van der Waals surface area (Å²) in [4.78, 5) is 18.1. The molecule has 0 aromatic carbocycles. The fourth-order valence-corrected chi connectivity index (χ4v) is 4.48. The number of hydrogen-bond acceptors (Lipinski definition) is 5. The maximum Gasteiger partial charge on any atom is 0.410 e. The molecule has 0 spiro atoms. The molecule has 7 heteroatoms. The topological polar surface area (TPSA) is 59.5 Å². The Morgan fingerprint density at radius 3 is 2.90 bits per heavy atom. The number of nitrogens with zero attached hydrogens (tertiary/aromatic N) is 2. The van der Waals surface area contributed by atoms with Gasteiger partial charge < -0.3 is 9.64 Å². The first-order valence-electron chi connectivity index (χ1n) is 7.14. The number of likely N-dealkylation sites (tertiary alicyclic amines) is 1. The summed E-state index contributed by atoms with van der Waals surface area (Å²) < 4.78 is 18.4. The van der Waals surface area contributed by atoms with Crippen molar-refractivity contribution >= 4 is 28.2 Å². The van der Waals surface area contributed by atoms with Crippen LogP contribution in [-0.4, -0.2) is 44.1 Å². The van der Waals surface area contributed by atoms with Gasteiger partial charge in [0.25, 0.3) is 0 Å². The summed E-state index contributed by atoms with van der Waals surface area (Å²) in [5, 5.41) is 1.82. The highest BCUT2D eigenvalue weighted by molar-refractivity contribution is 7.87. The second-order valence-electron chi connectivity index (χ2n) is 6.13. The summed E-state index contributed by atoms with van der Waals surface area (Å²) in [6.07, 6.45) is 4.25. The van der Waals surface area contributed by atoms with E-state index in [2.05, 4.69) is 4.98 Å². The lowest BCUT2D eigenvalue weighted by Gasteiger charge is -2.36. The van der Waals surface area contributed by atoms with Gasteiger partial charge in [0, 0.05) is 24.2 Å². The standard InChI is InChI=1S/C14H22N2O3S2/c1-14(2,3)19-13(17)16-8-5-4-6-11(16)10-21(18)12-15-7-9-20-12/h7,9,11H,4-6,8,10H2,1-3H3/t11-,21-/m1/s1. The van der Waals surface area contributed by atoms with E-state index in [4.69, 9.17) is 4.74 Å². The van der Waals surface area contributed by atoms with E-state index < -0.39 is 16.4 Å². The van der Waals surface area contributed by atoms with E-state index >= 15 is 0 Å². The van der Waals surface area contributed by atoms with Crippen LogP contribution >= 0.6 is 11.3 Å². The van der Waals surface area contributed by atoms with E-state index in [1.807, 2.05) is 26.2 Å². The van der Waals surface area contributed by atoms with Gasteiger partial charge in [0.05, 0.1) is 16.6 Å². The van der Waals surface area contributed by atoms with Crippen LogP contribution in [0, 0.1) is 0 Å². The van der Waals surface area contributed by atoms with Crippen LogP contribution in [-0.2, 0) is 15.5 Å². The van der Waals surface area contributed by atoms with Gasteiger partial charge in [0.1, 0.15) is 5.60 Å². The van der Waals surface area contributed by atoms with Crippen molar-refractivity contribution in [1.82, 2.24) is 9.88 Å². The molecule has 1 aromatic rings. The van der Waals surface area contributed by atoms with Crippen molar-refractivity contribution in [3.05, 3.63) is 11.6 Å². The van der Waals surface area contributed by atoms with Crippen molar-refractivity contribution in [2.24, 2.45) is 0 Å². The summed E-state index contributed by atoms with van der Waals surface area (Å²) in [7, 11) is -1.15. The van der Waals surface area contributed by atoms with Gasteiger partial charge in [-0.2, -0.15) is 0 Å². The van der Waals surface area contributed by atoms with Crippen LogP contribution < -0.4 is 0 Å². The van der Waals surface area contributed by atoms with Crippen molar-refractivity contribution in [3.63, 3.8) is 0 Å². The molecular formula is C14H22N2O3S2. The molecule has 2 rings (SSSR count). The molecule has 0 radical (unpaired) electrons. The predicted octanol–water partition coefficient (Wildman–Crippen LogP) is 3.04. The quantitative estimate of drug-likeness (QED) is 0.855. The predicted molar refractivity (Wildman–Crippen MR) is 84.0 cm³/mol. The molecule has 0 bridgehead atoms. The Kier molecular flexibility index (Phi) is 5.37. The zero-order valence-electron chi connectivity index (χ0n) is 12.7. The molecule has 5 nitrogen and oxygen atoms in total. The van der Waals surface area contributed by atoms with Gasteiger partial charge in [-0.1, -0.05) is 0 Å². The van der Waals surface area contributed by atoms with Gasteiger partial charge in [-0.25, -0.2) is 9.78 Å². The Balaban J connectivity index is 2.02. The molecule has 1 aromatic heterocycles. The molecule has 1 aliphatic heterocycles. The molecule has 1 fully saturated rings. The van der Waals surface area contributed by atoms with Crippen molar-refractivity contribution < 1.29 is 13.7 Å². The third-order valence-corrected chi connectivity index (χ3v) is 5.80. The summed E-state index contributed by atoms with van der Waals surface area (Å²) in [6.45, 7) is 6.25. The van der Waals surface area contributed by atoms with Crippen LogP contribution in [0.25, 0.3) is 0 Å². The van der Waals surface area contributed by atoms with Crippen molar-refractivity contribution in [1.29, 1.82) is 0 Å². The smallest absolute Gasteiger partial charge is 0.410 e. The highest BCUT2D eigenvalue weighted by Crippen LogP contribution is 2.23. The molecule has 0 N–H and O–H groups in total. The van der Waals surface area contributed by atoms with E-state index in [0.717, 1.165) is 19.3 Å². The normalized spacial score (nSPS) is 21.1. The summed E-state index contributed by atoms with van der Waals surface area (Å²) in [5.74, 6) is 0.437. The molecule has 0 aliphatic carbocycles. The Morgan fingerprint density at radius 2 is 2.29 bits per heavy atom. The lowest BCUT2D eigenvalue weighted by atomic mass is 10.0. The monoisotopic (exact) mass is 330 g/mol. The second-order valence-corrected chi connectivity index (χ2v) is 8.70. The minimum atomic E-state index is -1.15. The highest BCUT2D eigenvalue weighted by Gasteiger charge is 2.32.